The Hall–Kier alpha value is -1.88. The Kier molecular flexibility index (Phi) is 5.33. The number of carbonyl (C=O) groups excluding carboxylic acids is 2. The molecule has 1 saturated heterocycles. The van der Waals surface area contributed by atoms with Crippen molar-refractivity contribution >= 4 is 11.9 Å². The minimum absolute atomic E-state index is 0.144. The topological polar surface area (TPSA) is 64.6 Å². The van der Waals surface area contributed by atoms with Gasteiger partial charge in [0.05, 0.1) is 19.6 Å². The number of carbonyl (C=O) groups is 2. The third kappa shape index (κ3) is 4.29. The highest BCUT2D eigenvalue weighted by atomic mass is 16.5. The largest absolute Gasteiger partial charge is 0.467 e. The van der Waals surface area contributed by atoms with E-state index in [0.717, 1.165) is 11.1 Å². The number of esters is 1. The van der Waals surface area contributed by atoms with Gasteiger partial charge in [0.1, 0.15) is 6.04 Å². The normalized spacial score (nSPS) is 19.0. The van der Waals surface area contributed by atoms with Crippen LogP contribution in [0, 0.1) is 12.8 Å². The SMILES string of the molecule is COC(=O)[C@@H](Cc1ccc(C)cc1)NC(=O)[C@H]1CCOC1. The van der Waals surface area contributed by atoms with Crippen LogP contribution in [0.4, 0.5) is 0 Å². The van der Waals surface area contributed by atoms with E-state index in [1.54, 1.807) is 0 Å². The summed E-state index contributed by atoms with van der Waals surface area (Å²) in [5.41, 5.74) is 2.14. The summed E-state index contributed by atoms with van der Waals surface area (Å²) in [4.78, 5) is 24.0. The summed E-state index contributed by atoms with van der Waals surface area (Å²) in [5.74, 6) is -0.743. The van der Waals surface area contributed by atoms with E-state index >= 15 is 0 Å². The van der Waals surface area contributed by atoms with Crippen LogP contribution in [0.15, 0.2) is 24.3 Å². The van der Waals surface area contributed by atoms with Gasteiger partial charge in [0, 0.05) is 13.0 Å². The molecule has 5 heteroatoms. The molecule has 2 rings (SSSR count). The van der Waals surface area contributed by atoms with Crippen molar-refractivity contribution in [1.82, 2.24) is 5.32 Å². The molecule has 1 heterocycles. The summed E-state index contributed by atoms with van der Waals surface area (Å²) in [6, 6.07) is 7.21. The maximum absolute atomic E-state index is 12.1. The number of aryl methyl sites for hydroxylation is 1. The van der Waals surface area contributed by atoms with Crippen molar-refractivity contribution in [2.75, 3.05) is 20.3 Å². The second kappa shape index (κ2) is 7.22. The van der Waals surface area contributed by atoms with Crippen LogP contribution in [0.5, 0.6) is 0 Å². The van der Waals surface area contributed by atoms with E-state index in [9.17, 15) is 9.59 Å². The Morgan fingerprint density at radius 1 is 1.38 bits per heavy atom. The van der Waals surface area contributed by atoms with Crippen LogP contribution in [0.3, 0.4) is 0 Å². The highest BCUT2D eigenvalue weighted by Crippen LogP contribution is 2.13. The Bertz CT molecular complexity index is 492. The Morgan fingerprint density at radius 2 is 2.10 bits per heavy atom. The van der Waals surface area contributed by atoms with Crippen molar-refractivity contribution in [3.63, 3.8) is 0 Å². The Morgan fingerprint density at radius 3 is 2.67 bits per heavy atom. The van der Waals surface area contributed by atoms with Crippen molar-refractivity contribution in [3.05, 3.63) is 35.4 Å². The molecule has 114 valence electrons. The van der Waals surface area contributed by atoms with Gasteiger partial charge in [-0.1, -0.05) is 29.8 Å². The van der Waals surface area contributed by atoms with E-state index < -0.39 is 12.0 Å². The highest BCUT2D eigenvalue weighted by molar-refractivity contribution is 5.86. The van der Waals surface area contributed by atoms with E-state index in [1.807, 2.05) is 31.2 Å². The minimum atomic E-state index is -0.661. The van der Waals surface area contributed by atoms with Crippen molar-refractivity contribution < 1.29 is 19.1 Å². The summed E-state index contributed by atoms with van der Waals surface area (Å²) in [6.45, 7) is 3.02. The number of amides is 1. The third-order valence-electron chi connectivity index (χ3n) is 3.66. The van der Waals surface area contributed by atoms with Crippen LogP contribution in [0.1, 0.15) is 17.5 Å². The number of benzene rings is 1. The van der Waals surface area contributed by atoms with Gasteiger partial charge in [-0.05, 0) is 18.9 Å². The van der Waals surface area contributed by atoms with Gasteiger partial charge >= 0.3 is 5.97 Å². The minimum Gasteiger partial charge on any atom is -0.467 e. The van der Waals surface area contributed by atoms with E-state index in [2.05, 4.69) is 5.32 Å². The Labute approximate surface area is 124 Å². The first kappa shape index (κ1) is 15.5. The highest BCUT2D eigenvalue weighted by Gasteiger charge is 2.28. The molecular formula is C16H21NO4. The monoisotopic (exact) mass is 291 g/mol. The van der Waals surface area contributed by atoms with Crippen LogP contribution in [-0.4, -0.2) is 38.2 Å². The molecule has 0 unspecified atom stereocenters. The zero-order valence-electron chi connectivity index (χ0n) is 12.4. The molecule has 1 amide bonds. The van der Waals surface area contributed by atoms with E-state index in [0.29, 0.717) is 26.1 Å². The third-order valence-corrected chi connectivity index (χ3v) is 3.66. The molecule has 2 atom stereocenters. The lowest BCUT2D eigenvalue weighted by Gasteiger charge is -2.18. The van der Waals surface area contributed by atoms with E-state index in [1.165, 1.54) is 7.11 Å². The van der Waals surface area contributed by atoms with Crippen molar-refractivity contribution in [2.45, 2.75) is 25.8 Å². The van der Waals surface area contributed by atoms with Crippen LogP contribution in [0.25, 0.3) is 0 Å². The average Bonchev–Trinajstić information content (AvgIpc) is 3.02. The molecule has 1 N–H and O–H groups in total. The molecular weight excluding hydrogens is 270 g/mol. The smallest absolute Gasteiger partial charge is 0.328 e. The lowest BCUT2D eigenvalue weighted by molar-refractivity contribution is -0.145. The fraction of sp³-hybridized carbons (Fsp3) is 0.500. The van der Waals surface area contributed by atoms with Gasteiger partial charge < -0.3 is 14.8 Å². The lowest BCUT2D eigenvalue weighted by atomic mass is 10.0. The Balaban J connectivity index is 2.01. The molecule has 1 aromatic carbocycles. The van der Waals surface area contributed by atoms with Gasteiger partial charge in [0.2, 0.25) is 5.91 Å². The zero-order chi connectivity index (χ0) is 15.2. The van der Waals surface area contributed by atoms with Crippen molar-refractivity contribution in [1.29, 1.82) is 0 Å². The summed E-state index contributed by atoms with van der Waals surface area (Å²) in [5, 5.41) is 2.78. The van der Waals surface area contributed by atoms with Gasteiger partial charge in [-0.15, -0.1) is 0 Å². The fourth-order valence-corrected chi connectivity index (χ4v) is 2.33. The van der Waals surface area contributed by atoms with E-state index in [-0.39, 0.29) is 11.8 Å². The second-order valence-electron chi connectivity index (χ2n) is 5.33. The fourth-order valence-electron chi connectivity index (χ4n) is 2.33. The summed E-state index contributed by atoms with van der Waals surface area (Å²) in [6.07, 6.45) is 1.12. The lowest BCUT2D eigenvalue weighted by Crippen LogP contribution is -2.45. The number of hydrogen-bond donors (Lipinski definition) is 1. The summed E-state index contributed by atoms with van der Waals surface area (Å²) in [7, 11) is 1.33. The number of rotatable bonds is 5. The van der Waals surface area contributed by atoms with Gasteiger partial charge in [0.15, 0.2) is 0 Å². The molecule has 1 fully saturated rings. The first-order valence-electron chi connectivity index (χ1n) is 7.11. The maximum atomic E-state index is 12.1. The number of hydrogen-bond acceptors (Lipinski definition) is 4. The predicted molar refractivity (Wildman–Crippen MR) is 77.8 cm³/mol. The van der Waals surface area contributed by atoms with Gasteiger partial charge in [0.25, 0.3) is 0 Å². The molecule has 0 aliphatic carbocycles. The molecule has 0 radical (unpaired) electrons. The van der Waals surface area contributed by atoms with Crippen molar-refractivity contribution in [3.8, 4) is 0 Å². The van der Waals surface area contributed by atoms with Crippen LogP contribution >= 0.6 is 0 Å². The summed E-state index contributed by atoms with van der Waals surface area (Å²) < 4.78 is 9.99. The second-order valence-corrected chi connectivity index (χ2v) is 5.33. The molecule has 0 aromatic heterocycles. The quantitative estimate of drug-likeness (QED) is 0.829. The van der Waals surface area contributed by atoms with Crippen LogP contribution in [0.2, 0.25) is 0 Å². The number of ether oxygens (including phenoxy) is 2. The van der Waals surface area contributed by atoms with Gasteiger partial charge in [-0.25, -0.2) is 4.79 Å². The molecule has 0 saturated carbocycles. The standard InChI is InChI=1S/C16H21NO4/c1-11-3-5-12(6-4-11)9-14(16(19)20-2)17-15(18)13-7-8-21-10-13/h3-6,13-14H,7-10H2,1-2H3,(H,17,18)/t13-,14+/m0/s1. The zero-order valence-corrected chi connectivity index (χ0v) is 12.4. The van der Waals surface area contributed by atoms with Crippen LogP contribution in [-0.2, 0) is 25.5 Å². The maximum Gasteiger partial charge on any atom is 0.328 e. The molecule has 1 aromatic rings. The number of methoxy groups -OCH3 is 1. The van der Waals surface area contributed by atoms with Crippen LogP contribution < -0.4 is 5.32 Å². The van der Waals surface area contributed by atoms with Gasteiger partial charge in [-0.3, -0.25) is 4.79 Å². The number of nitrogens with one attached hydrogen (secondary N) is 1. The predicted octanol–water partition coefficient (Wildman–Crippen LogP) is 1.23. The summed E-state index contributed by atoms with van der Waals surface area (Å²) >= 11 is 0. The molecule has 0 spiro atoms. The van der Waals surface area contributed by atoms with Crippen molar-refractivity contribution in [2.24, 2.45) is 5.92 Å². The van der Waals surface area contributed by atoms with E-state index in [4.69, 9.17) is 9.47 Å². The first-order valence-corrected chi connectivity index (χ1v) is 7.11. The average molecular weight is 291 g/mol. The molecule has 0 bridgehead atoms. The molecule has 1 aliphatic rings. The molecule has 5 nitrogen and oxygen atoms in total. The first-order chi connectivity index (χ1) is 10.1. The molecule has 1 aliphatic heterocycles. The molecule has 21 heavy (non-hydrogen) atoms. The van der Waals surface area contributed by atoms with Gasteiger partial charge in [-0.2, -0.15) is 0 Å².